The molecule has 1 unspecified atom stereocenters. The Kier molecular flexibility index (Phi) is 14.9. The number of aliphatic hydroxyl groups excluding tert-OH is 1. The largest absolute Gasteiger partial charge is 0.406 e. The van der Waals surface area contributed by atoms with E-state index in [0.29, 0.717) is 59.0 Å². The fourth-order valence-corrected chi connectivity index (χ4v) is 9.07. The molecule has 0 bridgehead atoms. The maximum absolute atomic E-state index is 13.0. The predicted octanol–water partition coefficient (Wildman–Crippen LogP) is 10.6. The van der Waals surface area contributed by atoms with Gasteiger partial charge in [0.05, 0.1) is 29.6 Å². The topological polar surface area (TPSA) is 253 Å². The average Bonchev–Trinajstić information content (AvgIpc) is 4.46. The normalized spacial score (nSPS) is 14.6. The molecule has 414 valence electrons. The summed E-state index contributed by atoms with van der Waals surface area (Å²) in [5.74, 6) is -1.09. The highest BCUT2D eigenvalue weighted by molar-refractivity contribution is 5.98. The van der Waals surface area contributed by atoms with Gasteiger partial charge in [-0.25, -0.2) is 29.9 Å². The number of fused-ring (bicyclic) bond motifs is 3. The van der Waals surface area contributed by atoms with E-state index in [1.165, 1.54) is 29.9 Å². The van der Waals surface area contributed by atoms with Gasteiger partial charge in [-0.3, -0.25) is 14.4 Å². The van der Waals surface area contributed by atoms with Gasteiger partial charge >= 0.3 is 12.4 Å². The van der Waals surface area contributed by atoms with Crippen LogP contribution in [-0.4, -0.2) is 149 Å². The first-order valence-corrected chi connectivity index (χ1v) is 24.7. The summed E-state index contributed by atoms with van der Waals surface area (Å²) in [6.45, 7) is -0.484. The van der Waals surface area contributed by atoms with Gasteiger partial charge in [-0.2, -0.15) is 26.3 Å². The first kappa shape index (κ1) is 52.3. The summed E-state index contributed by atoms with van der Waals surface area (Å²) >= 11 is 0. The van der Waals surface area contributed by atoms with Crippen LogP contribution >= 0.6 is 0 Å². The second kappa shape index (κ2) is 22.2. The highest BCUT2D eigenvalue weighted by Crippen LogP contribution is 2.33. The molecule has 2 aliphatic rings. The van der Waals surface area contributed by atoms with Crippen molar-refractivity contribution in [3.63, 3.8) is 0 Å². The monoisotopic (exact) mass is 1090 g/mol. The zero-order chi connectivity index (χ0) is 54.6. The SMILES string of the molecule is O=C(c1cc(-c2ncnc3[nH]ccc23)c[nH]1)N(CC1CC1)CC(F)(F)F.O=C(c1cc(-c2ncnc3[nH]ccc23)c[nH]1)N(CCC(F)(F)F)Cc1ccccc1.O=C(c1cc(-c2ncnc3[nH]ccc23)c[nH]1)N1CCC(O)C1.[HH].[HH].[HH].[HH].[HH].[HH]. The van der Waals surface area contributed by atoms with Crippen LogP contribution in [0.25, 0.3) is 66.9 Å². The fraction of sp³-hybridized carbons (Fsp3) is 0.264. The Labute approximate surface area is 447 Å². The van der Waals surface area contributed by atoms with Crippen LogP contribution in [0.1, 0.15) is 71.3 Å². The highest BCUT2D eigenvalue weighted by Gasteiger charge is 2.37. The summed E-state index contributed by atoms with van der Waals surface area (Å²) in [6.07, 6.45) is 6.64. The van der Waals surface area contributed by atoms with Crippen molar-refractivity contribution in [1.82, 2.24) is 74.5 Å². The van der Waals surface area contributed by atoms with Gasteiger partial charge in [-0.15, -0.1) is 0 Å². The third-order valence-corrected chi connectivity index (χ3v) is 13.1. The molecule has 1 aromatic carbocycles. The number of amides is 3. The summed E-state index contributed by atoms with van der Waals surface area (Å²) in [5.41, 5.74) is 7.78. The number of benzene rings is 1. The molecule has 78 heavy (non-hydrogen) atoms. The molecule has 2 fully saturated rings. The van der Waals surface area contributed by atoms with E-state index in [1.807, 2.05) is 30.5 Å². The molecular formula is C53H61F6N15O4. The first-order valence-electron chi connectivity index (χ1n) is 24.7. The lowest BCUT2D eigenvalue weighted by Crippen LogP contribution is -2.40. The lowest BCUT2D eigenvalue weighted by Gasteiger charge is -2.23. The predicted molar refractivity (Wildman–Crippen MR) is 287 cm³/mol. The molecule has 9 aromatic heterocycles. The van der Waals surface area contributed by atoms with Gasteiger partial charge in [0, 0.05) is 111 Å². The molecule has 0 radical (unpaired) electrons. The van der Waals surface area contributed by atoms with Crippen molar-refractivity contribution in [2.75, 3.05) is 32.7 Å². The molecule has 10 aromatic rings. The zero-order valence-electron chi connectivity index (χ0n) is 41.2. The lowest BCUT2D eigenvalue weighted by atomic mass is 10.1. The molecule has 1 aliphatic heterocycles. The number of carbonyl (C=O) groups excluding carboxylic acids is 3. The van der Waals surface area contributed by atoms with E-state index in [1.54, 1.807) is 72.3 Å². The molecule has 19 nitrogen and oxygen atoms in total. The minimum atomic E-state index is -4.43. The van der Waals surface area contributed by atoms with Crippen LogP contribution in [-0.2, 0) is 6.54 Å². The molecule has 1 saturated heterocycles. The van der Waals surface area contributed by atoms with Gasteiger partial charge in [0.25, 0.3) is 17.7 Å². The number of aromatic amines is 6. The molecule has 3 amide bonds. The Morgan fingerprint density at radius 2 is 1.08 bits per heavy atom. The van der Waals surface area contributed by atoms with E-state index in [-0.39, 0.29) is 44.9 Å². The van der Waals surface area contributed by atoms with Crippen LogP contribution in [0, 0.1) is 5.92 Å². The number of halogens is 6. The van der Waals surface area contributed by atoms with Crippen molar-refractivity contribution >= 4 is 50.8 Å². The van der Waals surface area contributed by atoms with Crippen molar-refractivity contribution < 1.29 is 54.4 Å². The average molecular weight is 1090 g/mol. The second-order valence-electron chi connectivity index (χ2n) is 18.8. The molecule has 1 atom stereocenters. The molecule has 7 N–H and O–H groups in total. The number of hydrogen-bond acceptors (Lipinski definition) is 10. The standard InChI is InChI=1S/C21H18F3N5O.C17H16F3N5O.C15H15N5O2.6H2/c22-21(23,24)7-9-29(12-14-4-2-1-3-5-14)20(30)17-10-15(11-26-17)18-16-6-8-25-19(16)28-13-27-18;18-17(19,20)8-25(7-10-1-2-10)16(26)13-5-11(6-22-13)14-12-3-4-21-15(12)24-9-23-14;21-10-2-4-20(7-10)15(22)12-5-9(6-17-12)13-11-1-3-16-14(11)19-8-18-13;;;;;;/h1-6,8,10-11,13,26H,7,9,12H2,(H,25,27,28);3-6,9-10,22H,1-2,7-8H2,(H,21,23,24);1,3,5-6,8,10,17,21H,2,4,7H2,(H,16,18,19);6*1H. The minimum Gasteiger partial charge on any atom is -0.391 e. The molecule has 0 spiro atoms. The highest BCUT2D eigenvalue weighted by atomic mass is 19.4. The number of hydrogen-bond donors (Lipinski definition) is 7. The summed E-state index contributed by atoms with van der Waals surface area (Å²) in [7, 11) is 0. The van der Waals surface area contributed by atoms with E-state index < -0.39 is 49.8 Å². The third kappa shape index (κ3) is 12.4. The number of nitrogens with one attached hydrogen (secondary N) is 6. The van der Waals surface area contributed by atoms with Crippen LogP contribution in [0.15, 0.2) is 123 Å². The number of aliphatic hydroxyl groups is 1. The van der Waals surface area contributed by atoms with Gasteiger partial charge in [0.15, 0.2) is 0 Å². The van der Waals surface area contributed by atoms with Crippen LogP contribution in [0.3, 0.4) is 0 Å². The van der Waals surface area contributed by atoms with Gasteiger partial charge in [-0.05, 0) is 67.1 Å². The third-order valence-electron chi connectivity index (χ3n) is 13.1. The quantitative estimate of drug-likeness (QED) is 0.0538. The van der Waals surface area contributed by atoms with Crippen molar-refractivity contribution in [2.45, 2.75) is 50.7 Å². The zero-order valence-corrected chi connectivity index (χ0v) is 41.2. The molecule has 10 heterocycles. The van der Waals surface area contributed by atoms with Gasteiger partial charge in [-0.1, -0.05) is 30.3 Å². The van der Waals surface area contributed by atoms with Gasteiger partial charge < -0.3 is 49.7 Å². The number of alkyl halides is 6. The van der Waals surface area contributed by atoms with E-state index in [9.17, 15) is 45.8 Å². The summed E-state index contributed by atoms with van der Waals surface area (Å²) in [4.78, 5) is 84.6. The van der Waals surface area contributed by atoms with Crippen molar-refractivity contribution in [3.8, 4) is 33.8 Å². The van der Waals surface area contributed by atoms with Crippen LogP contribution in [0.5, 0.6) is 0 Å². The van der Waals surface area contributed by atoms with E-state index in [2.05, 4.69) is 59.8 Å². The number of β-amino-alcohol motifs (C(OH)–C–C–N with tert-alkyl or cyclic N) is 1. The number of aromatic nitrogens is 12. The number of rotatable bonds is 13. The summed E-state index contributed by atoms with van der Waals surface area (Å²) in [6, 6.07) is 19.4. The maximum atomic E-state index is 13.0. The van der Waals surface area contributed by atoms with Crippen molar-refractivity contribution in [1.29, 1.82) is 0 Å². The molecular weight excluding hydrogens is 1020 g/mol. The summed E-state index contributed by atoms with van der Waals surface area (Å²) < 4.78 is 76.9. The number of likely N-dealkylation sites (tertiary alicyclic amines) is 1. The van der Waals surface area contributed by atoms with Crippen molar-refractivity contribution in [3.05, 3.63) is 146 Å². The van der Waals surface area contributed by atoms with Crippen molar-refractivity contribution in [2.24, 2.45) is 5.92 Å². The van der Waals surface area contributed by atoms with E-state index in [0.717, 1.165) is 56.4 Å². The Bertz CT molecular complexity index is 3720. The molecule has 25 heteroatoms. The van der Waals surface area contributed by atoms with Crippen LogP contribution in [0.2, 0.25) is 0 Å². The Balaban J connectivity index is 0.000000263. The molecule has 12 rings (SSSR count). The summed E-state index contributed by atoms with van der Waals surface area (Å²) in [5, 5.41) is 12.0. The minimum absolute atomic E-state index is 0. The van der Waals surface area contributed by atoms with Gasteiger partial charge in [0.2, 0.25) is 0 Å². The van der Waals surface area contributed by atoms with Crippen LogP contribution < -0.4 is 0 Å². The van der Waals surface area contributed by atoms with Gasteiger partial charge in [0.1, 0.15) is 59.6 Å². The molecule has 1 saturated carbocycles. The van der Waals surface area contributed by atoms with E-state index >= 15 is 0 Å². The molecule has 1 aliphatic carbocycles. The number of H-pyrrole nitrogens is 6. The second-order valence-corrected chi connectivity index (χ2v) is 18.8. The fourth-order valence-electron chi connectivity index (χ4n) is 9.07. The Morgan fingerprint density at radius 1 is 0.603 bits per heavy atom. The smallest absolute Gasteiger partial charge is 0.391 e. The number of carbonyl (C=O) groups is 3. The van der Waals surface area contributed by atoms with Crippen LogP contribution in [0.4, 0.5) is 26.3 Å². The first-order chi connectivity index (χ1) is 37.5. The van der Waals surface area contributed by atoms with E-state index in [4.69, 9.17) is 0 Å². The lowest BCUT2D eigenvalue weighted by molar-refractivity contribution is -0.141. The number of nitrogens with zero attached hydrogens (tertiary/aromatic N) is 9. The Morgan fingerprint density at radius 3 is 1.53 bits per heavy atom. The Hall–Kier alpha value is -9.13. The maximum Gasteiger partial charge on any atom is 0.406 e.